The zero-order valence-electron chi connectivity index (χ0n) is 7.04. The number of nitrogens with zero attached hydrogens (tertiary/aromatic N) is 1. The topological polar surface area (TPSA) is 62.1 Å². The minimum absolute atomic E-state index is 0.502. The summed E-state index contributed by atoms with van der Waals surface area (Å²) in [4.78, 5) is 10.9. The molecule has 0 radical (unpaired) electrons. The van der Waals surface area contributed by atoms with Crippen LogP contribution in [0.15, 0.2) is 0 Å². The average molecular weight is 168 g/mol. The second-order valence-electron chi connectivity index (χ2n) is 2.94. The van der Waals surface area contributed by atoms with E-state index in [0.29, 0.717) is 5.92 Å². The number of nitriles is 1. The number of hydrogen-bond donors (Lipinski definition) is 1. The molecule has 1 aliphatic rings. The predicted molar refractivity (Wildman–Crippen MR) is 42.1 cm³/mol. The van der Waals surface area contributed by atoms with Crippen molar-refractivity contribution in [3.8, 4) is 6.07 Å². The van der Waals surface area contributed by atoms with Crippen molar-refractivity contribution in [3.63, 3.8) is 0 Å². The molecule has 4 nitrogen and oxygen atoms in total. The molecule has 1 atom stereocenters. The van der Waals surface area contributed by atoms with Crippen molar-refractivity contribution in [1.29, 1.82) is 5.26 Å². The molecule has 0 aromatic rings. The summed E-state index contributed by atoms with van der Waals surface area (Å²) < 4.78 is 4.43. The van der Waals surface area contributed by atoms with Gasteiger partial charge in [0.1, 0.15) is 0 Å². The molecule has 1 rings (SSSR count). The van der Waals surface area contributed by atoms with Gasteiger partial charge in [-0.05, 0) is 25.3 Å². The Labute approximate surface area is 71.5 Å². The molecule has 1 N–H and O–H groups in total. The van der Waals surface area contributed by atoms with Crippen LogP contribution in [0.5, 0.6) is 0 Å². The monoisotopic (exact) mass is 168 g/mol. The molecule has 0 amide bonds. The highest BCUT2D eigenvalue weighted by Crippen LogP contribution is 2.27. The molecule has 66 valence electrons. The van der Waals surface area contributed by atoms with E-state index in [1.165, 1.54) is 20.0 Å². The zero-order chi connectivity index (χ0) is 8.97. The van der Waals surface area contributed by atoms with E-state index in [-0.39, 0.29) is 0 Å². The first-order valence-corrected chi connectivity index (χ1v) is 3.98. The van der Waals surface area contributed by atoms with Gasteiger partial charge in [0, 0.05) is 0 Å². The van der Waals surface area contributed by atoms with Gasteiger partial charge in [-0.2, -0.15) is 5.26 Å². The van der Waals surface area contributed by atoms with Crippen LogP contribution in [0.3, 0.4) is 0 Å². The van der Waals surface area contributed by atoms with Crippen LogP contribution in [0.1, 0.15) is 12.8 Å². The van der Waals surface area contributed by atoms with E-state index in [1.807, 2.05) is 6.07 Å². The molecule has 0 saturated heterocycles. The number of rotatable bonds is 4. The van der Waals surface area contributed by atoms with Gasteiger partial charge >= 0.3 is 5.97 Å². The highest BCUT2D eigenvalue weighted by molar-refractivity contribution is 5.78. The molecule has 1 saturated carbocycles. The maximum atomic E-state index is 10.9. The van der Waals surface area contributed by atoms with Crippen LogP contribution < -0.4 is 5.32 Å². The normalized spacial score (nSPS) is 18.0. The third-order valence-corrected chi connectivity index (χ3v) is 1.87. The van der Waals surface area contributed by atoms with E-state index in [2.05, 4.69) is 10.1 Å². The third kappa shape index (κ3) is 2.51. The molecule has 0 aliphatic heterocycles. The Balaban J connectivity index is 2.24. The Kier molecular flexibility index (Phi) is 3.06. The van der Waals surface area contributed by atoms with Crippen molar-refractivity contribution in [2.75, 3.05) is 13.7 Å². The Morgan fingerprint density at radius 1 is 1.83 bits per heavy atom. The molecule has 0 heterocycles. The number of carbonyl (C=O) groups is 1. The Bertz CT molecular complexity index is 206. The average Bonchev–Trinajstić information content (AvgIpc) is 2.88. The summed E-state index contributed by atoms with van der Waals surface area (Å²) in [6, 6.07) is 1.05. The number of hydrogen-bond acceptors (Lipinski definition) is 4. The van der Waals surface area contributed by atoms with Crippen LogP contribution in [0.2, 0.25) is 0 Å². The minimum atomic E-state index is -0.796. The van der Waals surface area contributed by atoms with Crippen LogP contribution in [0.25, 0.3) is 0 Å². The first-order chi connectivity index (χ1) is 5.77. The maximum absolute atomic E-state index is 10.9. The second kappa shape index (κ2) is 4.07. The van der Waals surface area contributed by atoms with E-state index in [4.69, 9.17) is 5.26 Å². The highest BCUT2D eigenvalue weighted by Gasteiger charge is 2.24. The molecule has 0 aromatic heterocycles. The van der Waals surface area contributed by atoms with Crippen LogP contribution in [-0.2, 0) is 9.53 Å². The van der Waals surface area contributed by atoms with Gasteiger partial charge in [-0.25, -0.2) is 4.79 Å². The van der Waals surface area contributed by atoms with Gasteiger partial charge in [0.15, 0.2) is 6.04 Å². The Morgan fingerprint density at radius 3 is 2.92 bits per heavy atom. The van der Waals surface area contributed by atoms with Crippen molar-refractivity contribution in [2.45, 2.75) is 18.9 Å². The van der Waals surface area contributed by atoms with Crippen LogP contribution in [0.4, 0.5) is 0 Å². The predicted octanol–water partition coefficient (Wildman–Crippen LogP) is 0.0512. The summed E-state index contributed by atoms with van der Waals surface area (Å²) in [6.07, 6.45) is 2.40. The van der Waals surface area contributed by atoms with Gasteiger partial charge in [0.2, 0.25) is 0 Å². The zero-order valence-corrected chi connectivity index (χ0v) is 7.04. The van der Waals surface area contributed by atoms with Crippen LogP contribution >= 0.6 is 0 Å². The summed E-state index contributed by atoms with van der Waals surface area (Å²) >= 11 is 0. The Hall–Kier alpha value is -1.08. The smallest absolute Gasteiger partial charge is 0.337 e. The second-order valence-corrected chi connectivity index (χ2v) is 2.94. The van der Waals surface area contributed by atoms with Crippen LogP contribution in [0, 0.1) is 17.2 Å². The summed E-state index contributed by atoms with van der Waals surface area (Å²) in [7, 11) is 1.28. The number of nitrogens with one attached hydrogen (secondary N) is 1. The van der Waals surface area contributed by atoms with Crippen molar-refractivity contribution in [2.24, 2.45) is 5.92 Å². The first-order valence-electron chi connectivity index (χ1n) is 3.98. The molecule has 1 fully saturated rings. The molecule has 4 heteroatoms. The summed E-state index contributed by atoms with van der Waals surface area (Å²) in [5, 5.41) is 11.4. The molecule has 0 aromatic carbocycles. The molecular weight excluding hydrogens is 156 g/mol. The third-order valence-electron chi connectivity index (χ3n) is 1.87. The van der Waals surface area contributed by atoms with Crippen molar-refractivity contribution >= 4 is 5.97 Å². The lowest BCUT2D eigenvalue weighted by Gasteiger charge is -2.07. The van der Waals surface area contributed by atoms with Gasteiger partial charge in [-0.1, -0.05) is 0 Å². The number of ether oxygens (including phenoxy) is 1. The molecule has 0 spiro atoms. The fourth-order valence-electron chi connectivity index (χ4n) is 0.906. The minimum Gasteiger partial charge on any atom is -0.467 e. The van der Waals surface area contributed by atoms with Gasteiger partial charge in [-0.3, -0.25) is 5.32 Å². The maximum Gasteiger partial charge on any atom is 0.337 e. The standard InChI is InChI=1S/C8H12N2O2/c1-12-8(11)7(4-9)10-5-6-2-3-6/h6-7,10H,2-3,5H2,1H3. The number of carbonyl (C=O) groups excluding carboxylic acids is 1. The van der Waals surface area contributed by atoms with Crippen molar-refractivity contribution in [3.05, 3.63) is 0 Å². The van der Waals surface area contributed by atoms with Crippen molar-refractivity contribution < 1.29 is 9.53 Å². The van der Waals surface area contributed by atoms with E-state index in [0.717, 1.165) is 6.54 Å². The molecule has 0 bridgehead atoms. The lowest BCUT2D eigenvalue weighted by molar-refractivity contribution is -0.141. The van der Waals surface area contributed by atoms with Crippen LogP contribution in [-0.4, -0.2) is 25.7 Å². The molecule has 1 unspecified atom stereocenters. The molecular formula is C8H12N2O2. The van der Waals surface area contributed by atoms with Gasteiger partial charge < -0.3 is 4.74 Å². The fraction of sp³-hybridized carbons (Fsp3) is 0.750. The quantitative estimate of drug-likeness (QED) is 0.602. The van der Waals surface area contributed by atoms with E-state index in [1.54, 1.807) is 0 Å². The molecule has 12 heavy (non-hydrogen) atoms. The SMILES string of the molecule is COC(=O)C(C#N)NCC1CC1. The summed E-state index contributed by atoms with van der Waals surface area (Å²) in [5.74, 6) is 0.156. The van der Waals surface area contributed by atoms with Gasteiger partial charge in [0.05, 0.1) is 13.2 Å². The first kappa shape index (κ1) is 9.01. The number of methoxy groups -OCH3 is 1. The van der Waals surface area contributed by atoms with E-state index in [9.17, 15) is 4.79 Å². The Morgan fingerprint density at radius 2 is 2.50 bits per heavy atom. The lowest BCUT2D eigenvalue weighted by Crippen LogP contribution is -2.37. The lowest BCUT2D eigenvalue weighted by atomic mass is 10.3. The van der Waals surface area contributed by atoms with Gasteiger partial charge in [0.25, 0.3) is 0 Å². The summed E-state index contributed by atoms with van der Waals surface area (Å²) in [5.41, 5.74) is 0. The fourth-order valence-corrected chi connectivity index (χ4v) is 0.906. The summed E-state index contributed by atoms with van der Waals surface area (Å²) in [6.45, 7) is 0.743. The molecule has 1 aliphatic carbocycles. The van der Waals surface area contributed by atoms with Gasteiger partial charge in [-0.15, -0.1) is 0 Å². The highest BCUT2D eigenvalue weighted by atomic mass is 16.5. The van der Waals surface area contributed by atoms with E-state index >= 15 is 0 Å². The largest absolute Gasteiger partial charge is 0.467 e. The number of esters is 1. The van der Waals surface area contributed by atoms with E-state index < -0.39 is 12.0 Å². The van der Waals surface area contributed by atoms with Crippen molar-refractivity contribution in [1.82, 2.24) is 5.32 Å².